The molecule has 2 amide bonds. The summed E-state index contributed by atoms with van der Waals surface area (Å²) < 4.78 is 0. The molecule has 0 aliphatic heterocycles. The van der Waals surface area contributed by atoms with Crippen LogP contribution in [-0.2, 0) is 9.59 Å². The van der Waals surface area contributed by atoms with Gasteiger partial charge in [0, 0.05) is 16.0 Å². The second-order valence-corrected chi connectivity index (χ2v) is 6.37. The third-order valence-electron chi connectivity index (χ3n) is 3.95. The van der Waals surface area contributed by atoms with Crippen LogP contribution in [0.5, 0.6) is 0 Å². The van der Waals surface area contributed by atoms with E-state index >= 15 is 0 Å². The normalized spacial score (nSPS) is 10.5. The molecule has 3 rings (SSSR count). The highest BCUT2D eigenvalue weighted by Crippen LogP contribution is 2.25. The van der Waals surface area contributed by atoms with Crippen LogP contribution < -0.4 is 10.6 Å². The molecule has 0 bridgehead atoms. The summed E-state index contributed by atoms with van der Waals surface area (Å²) in [5.41, 5.74) is 2.39. The third-order valence-corrected chi connectivity index (χ3v) is 4.20. The molecule has 142 valence electrons. The Morgan fingerprint density at radius 1 is 0.964 bits per heavy atom. The van der Waals surface area contributed by atoms with Crippen LogP contribution in [0.25, 0.3) is 22.2 Å². The first-order valence-electron chi connectivity index (χ1n) is 8.36. The first-order valence-corrected chi connectivity index (χ1v) is 8.74. The largest absolute Gasteiger partial charge is 0.480 e. The number of carboxylic acids is 1. The Morgan fingerprint density at radius 3 is 2.39 bits per heavy atom. The van der Waals surface area contributed by atoms with E-state index in [0.717, 1.165) is 5.56 Å². The molecule has 0 atom stereocenters. The highest BCUT2D eigenvalue weighted by atomic mass is 35.5. The number of aliphatic carboxylic acids is 1. The zero-order valence-electron chi connectivity index (χ0n) is 14.6. The van der Waals surface area contributed by atoms with Crippen molar-refractivity contribution in [1.29, 1.82) is 0 Å². The molecule has 1 aromatic heterocycles. The fourth-order valence-electron chi connectivity index (χ4n) is 2.62. The minimum absolute atomic E-state index is 0.334. The van der Waals surface area contributed by atoms with Gasteiger partial charge in [0.1, 0.15) is 6.54 Å². The van der Waals surface area contributed by atoms with Crippen molar-refractivity contribution in [3.8, 4) is 11.3 Å². The number of nitrogens with zero attached hydrogens (tertiary/aromatic N) is 1. The summed E-state index contributed by atoms with van der Waals surface area (Å²) in [4.78, 5) is 39.4. The number of rotatable bonds is 6. The van der Waals surface area contributed by atoms with Crippen molar-refractivity contribution in [3.63, 3.8) is 0 Å². The van der Waals surface area contributed by atoms with Gasteiger partial charge in [-0.1, -0.05) is 41.9 Å². The van der Waals surface area contributed by atoms with Crippen molar-refractivity contribution in [2.24, 2.45) is 0 Å². The molecule has 0 saturated carbocycles. The lowest BCUT2D eigenvalue weighted by molar-refractivity contribution is -0.137. The maximum atomic E-state index is 12.7. The Bertz CT molecular complexity index is 1050. The lowest BCUT2D eigenvalue weighted by Gasteiger charge is -2.11. The summed E-state index contributed by atoms with van der Waals surface area (Å²) in [6.45, 7) is -0.841. The number of carbonyl (C=O) groups is 3. The van der Waals surface area contributed by atoms with Crippen LogP contribution in [0.4, 0.5) is 0 Å². The number of carboxylic acid groups (broad SMARTS) is 1. The summed E-state index contributed by atoms with van der Waals surface area (Å²) in [5, 5.41) is 14.5. The topological polar surface area (TPSA) is 108 Å². The van der Waals surface area contributed by atoms with E-state index in [9.17, 15) is 14.4 Å². The number of halogens is 1. The summed E-state index contributed by atoms with van der Waals surface area (Å²) in [6, 6.07) is 15.9. The second-order valence-electron chi connectivity index (χ2n) is 5.93. The van der Waals surface area contributed by atoms with Crippen LogP contribution >= 0.6 is 11.6 Å². The van der Waals surface area contributed by atoms with Crippen LogP contribution in [0.1, 0.15) is 10.4 Å². The third kappa shape index (κ3) is 4.63. The number of hydrogen-bond donors (Lipinski definition) is 3. The SMILES string of the molecule is O=C(O)CNC(=O)CNC(=O)c1cc(-c2ccc(Cl)cc2)nc2ccccc12. The second kappa shape index (κ2) is 8.49. The molecule has 0 spiro atoms. The van der Waals surface area contributed by atoms with Gasteiger partial charge in [0.15, 0.2) is 0 Å². The molecule has 28 heavy (non-hydrogen) atoms. The maximum absolute atomic E-state index is 12.7. The molecule has 0 radical (unpaired) electrons. The number of nitrogens with one attached hydrogen (secondary N) is 2. The molecule has 0 aliphatic carbocycles. The van der Waals surface area contributed by atoms with Crippen molar-refractivity contribution >= 4 is 40.3 Å². The van der Waals surface area contributed by atoms with Gasteiger partial charge in [-0.25, -0.2) is 4.98 Å². The van der Waals surface area contributed by atoms with Crippen LogP contribution in [0, 0.1) is 0 Å². The van der Waals surface area contributed by atoms with E-state index in [4.69, 9.17) is 16.7 Å². The highest BCUT2D eigenvalue weighted by Gasteiger charge is 2.15. The predicted molar refractivity (Wildman–Crippen MR) is 105 cm³/mol. The van der Waals surface area contributed by atoms with Gasteiger partial charge in [-0.05, 0) is 24.3 Å². The van der Waals surface area contributed by atoms with Crippen LogP contribution in [0.3, 0.4) is 0 Å². The first-order chi connectivity index (χ1) is 13.4. The minimum Gasteiger partial charge on any atom is -0.480 e. The van der Waals surface area contributed by atoms with Gasteiger partial charge in [-0.3, -0.25) is 14.4 Å². The highest BCUT2D eigenvalue weighted by molar-refractivity contribution is 6.30. The molecule has 0 fully saturated rings. The van der Waals surface area contributed by atoms with Gasteiger partial charge < -0.3 is 15.7 Å². The Labute approximate surface area is 165 Å². The molecule has 1 heterocycles. The summed E-state index contributed by atoms with van der Waals surface area (Å²) in [6.07, 6.45) is 0. The maximum Gasteiger partial charge on any atom is 0.322 e. The summed E-state index contributed by atoms with van der Waals surface area (Å²) in [7, 11) is 0. The van der Waals surface area contributed by atoms with Crippen LogP contribution in [0.2, 0.25) is 5.02 Å². The van der Waals surface area contributed by atoms with E-state index in [2.05, 4.69) is 15.6 Å². The average Bonchev–Trinajstić information content (AvgIpc) is 2.70. The number of aromatic nitrogens is 1. The van der Waals surface area contributed by atoms with Gasteiger partial charge in [-0.15, -0.1) is 0 Å². The van der Waals surface area contributed by atoms with Gasteiger partial charge >= 0.3 is 5.97 Å². The summed E-state index contributed by atoms with van der Waals surface area (Å²) in [5.74, 6) is -2.21. The van der Waals surface area contributed by atoms with Crippen LogP contribution in [-0.4, -0.2) is 41.0 Å². The van der Waals surface area contributed by atoms with Gasteiger partial charge in [0.05, 0.1) is 23.3 Å². The molecule has 2 aromatic carbocycles. The zero-order chi connectivity index (χ0) is 20.1. The van der Waals surface area contributed by atoms with E-state index in [-0.39, 0.29) is 6.54 Å². The minimum atomic E-state index is -1.16. The molecule has 0 saturated heterocycles. The molecular weight excluding hydrogens is 382 g/mol. The van der Waals surface area contributed by atoms with E-state index in [0.29, 0.717) is 27.2 Å². The number of hydrogen-bond acceptors (Lipinski definition) is 4. The molecular formula is C20H16ClN3O4. The number of amides is 2. The predicted octanol–water partition coefficient (Wildman–Crippen LogP) is 2.49. The monoisotopic (exact) mass is 397 g/mol. The first kappa shape index (κ1) is 19.3. The van der Waals surface area contributed by atoms with Crippen LogP contribution in [0.15, 0.2) is 54.6 Å². The molecule has 8 heteroatoms. The fraction of sp³-hybridized carbons (Fsp3) is 0.100. The van der Waals surface area contributed by atoms with Gasteiger partial charge in [0.25, 0.3) is 5.91 Å². The van der Waals surface area contributed by atoms with E-state index in [1.54, 1.807) is 48.5 Å². The smallest absolute Gasteiger partial charge is 0.322 e. The van der Waals surface area contributed by atoms with Crippen molar-refractivity contribution in [1.82, 2.24) is 15.6 Å². The molecule has 0 unspecified atom stereocenters. The fourth-order valence-corrected chi connectivity index (χ4v) is 2.75. The lowest BCUT2D eigenvalue weighted by atomic mass is 10.0. The summed E-state index contributed by atoms with van der Waals surface area (Å²) >= 11 is 5.93. The quantitative estimate of drug-likeness (QED) is 0.592. The number of benzene rings is 2. The van der Waals surface area contributed by atoms with Crippen molar-refractivity contribution in [2.45, 2.75) is 0 Å². The standard InChI is InChI=1S/C20H16ClN3O4/c21-13-7-5-12(6-8-13)17-9-15(14-3-1-2-4-16(14)24-17)20(28)23-10-18(25)22-11-19(26)27/h1-9H,10-11H2,(H,22,25)(H,23,28)(H,26,27). The molecule has 0 aliphatic rings. The number of pyridine rings is 1. The average molecular weight is 398 g/mol. The molecule has 7 nitrogen and oxygen atoms in total. The van der Waals surface area contributed by atoms with E-state index in [1.807, 2.05) is 6.07 Å². The molecule has 3 N–H and O–H groups in total. The van der Waals surface area contributed by atoms with Gasteiger partial charge in [-0.2, -0.15) is 0 Å². The lowest BCUT2D eigenvalue weighted by Crippen LogP contribution is -2.39. The number of fused-ring (bicyclic) bond motifs is 1. The Balaban J connectivity index is 1.88. The molecule has 3 aromatic rings. The number of carbonyl (C=O) groups excluding carboxylic acids is 2. The Kier molecular flexibility index (Phi) is 5.86. The van der Waals surface area contributed by atoms with E-state index in [1.165, 1.54) is 0 Å². The van der Waals surface area contributed by atoms with Crippen molar-refractivity contribution in [3.05, 3.63) is 65.2 Å². The van der Waals surface area contributed by atoms with Crippen molar-refractivity contribution in [2.75, 3.05) is 13.1 Å². The van der Waals surface area contributed by atoms with Gasteiger partial charge in [0.2, 0.25) is 5.91 Å². The Morgan fingerprint density at radius 2 is 1.68 bits per heavy atom. The zero-order valence-corrected chi connectivity index (χ0v) is 15.4. The number of para-hydroxylation sites is 1. The van der Waals surface area contributed by atoms with E-state index < -0.39 is 24.3 Å². The van der Waals surface area contributed by atoms with Crippen molar-refractivity contribution < 1.29 is 19.5 Å². The Hall–Kier alpha value is -3.45.